The zero-order chi connectivity index (χ0) is 12.4. The van der Waals surface area contributed by atoms with E-state index in [0.717, 1.165) is 24.3 Å². The molecule has 1 aliphatic heterocycles. The molecule has 0 bridgehead atoms. The van der Waals surface area contributed by atoms with Gasteiger partial charge in [0.25, 0.3) is 5.91 Å². The second-order valence-electron chi connectivity index (χ2n) is 4.13. The zero-order valence-electron chi connectivity index (χ0n) is 10.1. The lowest BCUT2D eigenvalue weighted by atomic mass is 10.3. The number of carbonyl (C=O) groups excluding carboxylic acids is 1. The number of aryl methyl sites for hydroxylation is 1. The maximum atomic E-state index is 12.0. The Morgan fingerprint density at radius 1 is 1.35 bits per heavy atom. The van der Waals surface area contributed by atoms with E-state index in [0.29, 0.717) is 13.1 Å². The third-order valence-corrected chi connectivity index (χ3v) is 3.08. The van der Waals surface area contributed by atoms with Gasteiger partial charge in [0.15, 0.2) is 0 Å². The smallest absolute Gasteiger partial charge is 0.333 e. The number of nitrogens with zero attached hydrogens (tertiary/aromatic N) is 4. The van der Waals surface area contributed by atoms with Gasteiger partial charge in [0, 0.05) is 33.2 Å². The van der Waals surface area contributed by atoms with E-state index in [9.17, 15) is 9.59 Å². The van der Waals surface area contributed by atoms with Crippen LogP contribution in [0.3, 0.4) is 0 Å². The topological polar surface area (TPSA) is 74.2 Å². The maximum Gasteiger partial charge on any atom is 0.343 e. The molecule has 1 aliphatic rings. The quantitative estimate of drug-likeness (QED) is 0.710. The fraction of sp³-hybridized carbons (Fsp3) is 0.700. The van der Waals surface area contributed by atoms with Crippen LogP contribution in [-0.4, -0.2) is 63.2 Å². The molecule has 94 valence electrons. The summed E-state index contributed by atoms with van der Waals surface area (Å²) >= 11 is 0. The van der Waals surface area contributed by atoms with E-state index in [1.807, 2.05) is 0 Å². The van der Waals surface area contributed by atoms with Crippen LogP contribution in [0.25, 0.3) is 0 Å². The highest BCUT2D eigenvalue weighted by Gasteiger charge is 2.23. The number of aromatic nitrogens is 3. The highest BCUT2D eigenvalue weighted by Crippen LogP contribution is 2.04. The van der Waals surface area contributed by atoms with Crippen molar-refractivity contribution in [3.05, 3.63) is 16.3 Å². The van der Waals surface area contributed by atoms with Gasteiger partial charge in [-0.25, -0.2) is 9.48 Å². The van der Waals surface area contributed by atoms with Crippen LogP contribution in [0.2, 0.25) is 0 Å². The number of rotatable bonds is 2. The third-order valence-electron chi connectivity index (χ3n) is 3.08. The van der Waals surface area contributed by atoms with Crippen molar-refractivity contribution >= 4 is 5.91 Å². The summed E-state index contributed by atoms with van der Waals surface area (Å²) in [4.78, 5) is 29.7. The maximum absolute atomic E-state index is 12.0. The van der Waals surface area contributed by atoms with Gasteiger partial charge in [-0.1, -0.05) is 6.92 Å². The van der Waals surface area contributed by atoms with E-state index in [1.165, 1.54) is 7.05 Å². The van der Waals surface area contributed by atoms with Crippen molar-refractivity contribution in [2.24, 2.45) is 7.05 Å². The fourth-order valence-electron chi connectivity index (χ4n) is 1.92. The number of H-pyrrole nitrogens is 1. The van der Waals surface area contributed by atoms with Crippen molar-refractivity contribution in [1.82, 2.24) is 24.6 Å². The Labute approximate surface area is 99.0 Å². The van der Waals surface area contributed by atoms with Gasteiger partial charge in [-0.3, -0.25) is 9.78 Å². The first-order chi connectivity index (χ1) is 8.11. The molecule has 7 nitrogen and oxygen atoms in total. The molecule has 2 heterocycles. The molecule has 1 N–H and O–H groups in total. The number of amides is 1. The Bertz CT molecular complexity index is 456. The minimum absolute atomic E-state index is 0.127. The molecule has 1 fully saturated rings. The molecule has 1 aromatic heterocycles. The van der Waals surface area contributed by atoms with Crippen molar-refractivity contribution in [2.75, 3.05) is 32.7 Å². The summed E-state index contributed by atoms with van der Waals surface area (Å²) < 4.78 is 1.13. The van der Waals surface area contributed by atoms with E-state index in [4.69, 9.17) is 0 Å². The summed E-state index contributed by atoms with van der Waals surface area (Å²) in [5.74, 6) is -0.0686. The molecule has 0 atom stereocenters. The molecule has 0 unspecified atom stereocenters. The zero-order valence-corrected chi connectivity index (χ0v) is 10.1. The van der Waals surface area contributed by atoms with Gasteiger partial charge in [-0.05, 0) is 6.54 Å². The second kappa shape index (κ2) is 4.70. The number of likely N-dealkylation sites (N-methyl/N-ethyl adjacent to an activating group) is 1. The number of piperazine rings is 1. The number of hydrogen-bond donors (Lipinski definition) is 1. The van der Waals surface area contributed by atoms with E-state index < -0.39 is 0 Å². The average molecular weight is 239 g/mol. The van der Waals surface area contributed by atoms with Crippen LogP contribution in [0.1, 0.15) is 17.5 Å². The van der Waals surface area contributed by atoms with Gasteiger partial charge in [0.2, 0.25) is 5.82 Å². The van der Waals surface area contributed by atoms with E-state index in [-0.39, 0.29) is 17.4 Å². The van der Waals surface area contributed by atoms with Crippen LogP contribution in [0.15, 0.2) is 4.79 Å². The molecule has 1 saturated heterocycles. The lowest BCUT2D eigenvalue weighted by Crippen LogP contribution is -2.48. The second-order valence-corrected chi connectivity index (χ2v) is 4.13. The number of nitrogens with one attached hydrogen (secondary N) is 1. The lowest BCUT2D eigenvalue weighted by molar-refractivity contribution is 0.0631. The number of aromatic amines is 1. The summed E-state index contributed by atoms with van der Waals surface area (Å²) in [5.41, 5.74) is -0.361. The van der Waals surface area contributed by atoms with Gasteiger partial charge in [0.1, 0.15) is 0 Å². The Morgan fingerprint density at radius 2 is 2.00 bits per heavy atom. The van der Waals surface area contributed by atoms with Crippen LogP contribution in [0.5, 0.6) is 0 Å². The normalized spacial score (nSPS) is 17.4. The average Bonchev–Trinajstić information content (AvgIpc) is 2.69. The van der Waals surface area contributed by atoms with Crippen LogP contribution in [0.4, 0.5) is 0 Å². The highest BCUT2D eigenvalue weighted by atomic mass is 16.2. The van der Waals surface area contributed by atoms with Crippen LogP contribution >= 0.6 is 0 Å². The highest BCUT2D eigenvalue weighted by molar-refractivity contribution is 5.90. The Kier molecular flexibility index (Phi) is 3.28. The molecule has 2 rings (SSSR count). The van der Waals surface area contributed by atoms with Gasteiger partial charge < -0.3 is 9.80 Å². The minimum Gasteiger partial charge on any atom is -0.333 e. The molecule has 17 heavy (non-hydrogen) atoms. The molecular formula is C10H17N5O2. The first kappa shape index (κ1) is 11.8. The standard InChI is InChI=1S/C10H17N5O2/c1-3-14-4-6-15(7-5-14)9(16)8-11-10(17)13(2)12-8/h3-7H2,1-2H3,(H,11,12,17). The summed E-state index contributed by atoms with van der Waals surface area (Å²) in [7, 11) is 1.52. The Hall–Kier alpha value is -1.63. The van der Waals surface area contributed by atoms with E-state index >= 15 is 0 Å². The minimum atomic E-state index is -0.361. The third kappa shape index (κ3) is 2.38. The predicted molar refractivity (Wildman–Crippen MR) is 61.8 cm³/mol. The SMILES string of the molecule is CCN1CCN(C(=O)c2nn(C)c(=O)[nH]2)CC1. The van der Waals surface area contributed by atoms with Crippen LogP contribution in [-0.2, 0) is 7.05 Å². The summed E-state index contributed by atoms with van der Waals surface area (Å²) in [6.07, 6.45) is 0. The molecule has 0 spiro atoms. The van der Waals surface area contributed by atoms with Crippen molar-refractivity contribution in [3.63, 3.8) is 0 Å². The van der Waals surface area contributed by atoms with Crippen molar-refractivity contribution in [1.29, 1.82) is 0 Å². The van der Waals surface area contributed by atoms with Gasteiger partial charge in [0.05, 0.1) is 0 Å². The van der Waals surface area contributed by atoms with Crippen LogP contribution in [0, 0.1) is 0 Å². The number of hydrogen-bond acceptors (Lipinski definition) is 4. The first-order valence-corrected chi connectivity index (χ1v) is 5.76. The summed E-state index contributed by atoms with van der Waals surface area (Å²) in [6.45, 7) is 6.23. The molecule has 7 heteroatoms. The fourth-order valence-corrected chi connectivity index (χ4v) is 1.92. The largest absolute Gasteiger partial charge is 0.343 e. The monoisotopic (exact) mass is 239 g/mol. The molecule has 0 radical (unpaired) electrons. The first-order valence-electron chi connectivity index (χ1n) is 5.76. The Morgan fingerprint density at radius 3 is 2.47 bits per heavy atom. The van der Waals surface area contributed by atoms with E-state index in [1.54, 1.807) is 4.90 Å². The van der Waals surface area contributed by atoms with E-state index in [2.05, 4.69) is 21.9 Å². The van der Waals surface area contributed by atoms with Crippen molar-refractivity contribution < 1.29 is 4.79 Å². The molecule has 1 aromatic rings. The molecule has 0 saturated carbocycles. The van der Waals surface area contributed by atoms with Gasteiger partial charge in [-0.15, -0.1) is 5.10 Å². The molecular weight excluding hydrogens is 222 g/mol. The molecule has 1 amide bonds. The van der Waals surface area contributed by atoms with Crippen molar-refractivity contribution in [3.8, 4) is 0 Å². The summed E-state index contributed by atoms with van der Waals surface area (Å²) in [5, 5.41) is 3.87. The van der Waals surface area contributed by atoms with Gasteiger partial charge in [-0.2, -0.15) is 0 Å². The Balaban J connectivity index is 2.04. The van der Waals surface area contributed by atoms with Crippen molar-refractivity contribution in [2.45, 2.75) is 6.92 Å². The summed E-state index contributed by atoms with van der Waals surface area (Å²) in [6, 6.07) is 0. The van der Waals surface area contributed by atoms with Crippen LogP contribution < -0.4 is 5.69 Å². The molecule has 0 aromatic carbocycles. The molecule has 0 aliphatic carbocycles. The number of carbonyl (C=O) groups is 1. The van der Waals surface area contributed by atoms with Gasteiger partial charge >= 0.3 is 5.69 Å². The predicted octanol–water partition coefficient (Wildman–Crippen LogP) is -1.11. The lowest BCUT2D eigenvalue weighted by Gasteiger charge is -2.33.